The molecule has 4 aromatic carbocycles. The number of methoxy groups -OCH3 is 1. The predicted molar refractivity (Wildman–Crippen MR) is 373 cm³/mol. The van der Waals surface area contributed by atoms with Crippen molar-refractivity contribution in [2.45, 2.75) is 181 Å². The Morgan fingerprint density at radius 1 is 0.633 bits per heavy atom. The fourth-order valence-electron chi connectivity index (χ4n) is 11.5. The number of hydrogen-bond donors (Lipinski definition) is 11. The fourth-order valence-corrected chi connectivity index (χ4v) is 15.1. The van der Waals surface area contributed by atoms with Crippen LogP contribution >= 0.6 is 23.5 Å². The number of carbonyl (C=O) groups is 11. The number of likely N-dealkylation sites (tertiary alicyclic amines) is 1. The van der Waals surface area contributed by atoms with Crippen LogP contribution in [0.25, 0.3) is 0 Å². The minimum atomic E-state index is -3.95. The highest BCUT2D eigenvalue weighted by Crippen LogP contribution is 2.44. The van der Waals surface area contributed by atoms with E-state index in [1.54, 1.807) is 68.9 Å². The molecule has 532 valence electrons. The Kier molecular flexibility index (Phi) is 31.3. The summed E-state index contributed by atoms with van der Waals surface area (Å²) < 4.78 is 33.5. The molecular formula is C69H94N12O14S3. The first-order chi connectivity index (χ1) is 46.8. The molecule has 1 aliphatic carbocycles. The van der Waals surface area contributed by atoms with E-state index in [9.17, 15) is 61.2 Å². The monoisotopic (exact) mass is 1410 g/mol. The van der Waals surface area contributed by atoms with Crippen molar-refractivity contribution < 1.29 is 65.9 Å². The van der Waals surface area contributed by atoms with Gasteiger partial charge < -0.3 is 64.1 Å². The third-order valence-corrected chi connectivity index (χ3v) is 21.5. The summed E-state index contributed by atoms with van der Waals surface area (Å²) in [5.41, 5.74) is 20.1. The van der Waals surface area contributed by atoms with Gasteiger partial charge >= 0.3 is 0 Å². The zero-order valence-electron chi connectivity index (χ0n) is 56.0. The number of ether oxygens (including phenoxy) is 1. The number of rotatable bonds is 40. The fraction of sp³-hybridized carbons (Fsp3) is 0.493. The number of carbonyl (C=O) groups excluding carboxylic acids is 11. The van der Waals surface area contributed by atoms with E-state index in [1.807, 2.05) is 60.7 Å². The van der Waals surface area contributed by atoms with Gasteiger partial charge in [0.15, 0.2) is 0 Å². The van der Waals surface area contributed by atoms with Gasteiger partial charge in [0.05, 0.1) is 25.0 Å². The van der Waals surface area contributed by atoms with Crippen molar-refractivity contribution in [2.24, 2.45) is 23.1 Å². The molecule has 0 unspecified atom stereocenters. The molecule has 4 aromatic rings. The SMILES string of the molecule is CC[C@H](C)[C@H](NC(=O)[C@H](Cc1ccc(OC)cc1)NC(=O)CC1(SCc2ccccc2)CCCCC1)C(=O)N[C@@H](CCC(N)=O)C(=O)N[C@@H](CC(N)=O)C(=O)N[C@H](CSCc1ccccc1)C(=O)N1CCC[C@H]1C(=O)N[C@@H](CCCNS(=O)(=O)c1ccc(C)cc1)C(=O)NCC(N)=O. The molecule has 1 aliphatic heterocycles. The smallest absolute Gasteiger partial charge is 0.246 e. The number of amides is 11. The lowest BCUT2D eigenvalue weighted by atomic mass is 9.85. The first-order valence-electron chi connectivity index (χ1n) is 33.0. The van der Waals surface area contributed by atoms with Crippen LogP contribution < -0.4 is 63.9 Å². The zero-order valence-corrected chi connectivity index (χ0v) is 58.4. The van der Waals surface area contributed by atoms with E-state index in [0.717, 1.165) is 48.8 Å². The summed E-state index contributed by atoms with van der Waals surface area (Å²) in [4.78, 5) is 154. The van der Waals surface area contributed by atoms with Crippen LogP contribution in [0.4, 0.5) is 0 Å². The van der Waals surface area contributed by atoms with Crippen molar-refractivity contribution in [2.75, 3.05) is 32.5 Å². The second-order valence-corrected chi connectivity index (χ2v) is 29.1. The van der Waals surface area contributed by atoms with Crippen molar-refractivity contribution in [3.63, 3.8) is 0 Å². The Bertz CT molecular complexity index is 3480. The van der Waals surface area contributed by atoms with Gasteiger partial charge in [0.2, 0.25) is 75.0 Å². The van der Waals surface area contributed by atoms with Crippen LogP contribution in [0.2, 0.25) is 0 Å². The summed E-state index contributed by atoms with van der Waals surface area (Å²) in [7, 11) is -2.43. The van der Waals surface area contributed by atoms with Crippen molar-refractivity contribution in [1.29, 1.82) is 0 Å². The van der Waals surface area contributed by atoms with Gasteiger partial charge in [-0.1, -0.05) is 130 Å². The normalized spacial score (nSPS) is 16.4. The number of nitrogens with two attached hydrogens (primary N) is 3. The topological polar surface area (TPSA) is 409 Å². The number of nitrogens with zero attached hydrogens (tertiary/aromatic N) is 1. The molecule has 2 aliphatic rings. The van der Waals surface area contributed by atoms with Crippen molar-refractivity contribution in [3.05, 3.63) is 131 Å². The number of primary amides is 3. The van der Waals surface area contributed by atoms with E-state index < -0.39 is 143 Å². The first-order valence-corrected chi connectivity index (χ1v) is 36.6. The molecule has 1 saturated carbocycles. The van der Waals surface area contributed by atoms with Gasteiger partial charge in [0.25, 0.3) is 0 Å². The average Bonchev–Trinajstić information content (AvgIpc) is 1.10. The molecule has 29 heteroatoms. The lowest BCUT2D eigenvalue weighted by Crippen LogP contribution is -2.61. The van der Waals surface area contributed by atoms with Crippen molar-refractivity contribution >= 4 is 98.5 Å². The highest BCUT2D eigenvalue weighted by atomic mass is 32.2. The lowest BCUT2D eigenvalue weighted by molar-refractivity contribution is -0.142. The molecular weight excluding hydrogens is 1320 g/mol. The van der Waals surface area contributed by atoms with Crippen LogP contribution in [-0.4, -0.2) is 158 Å². The molecule has 2 fully saturated rings. The molecule has 1 saturated heterocycles. The molecule has 98 heavy (non-hydrogen) atoms. The van der Waals surface area contributed by atoms with E-state index >= 15 is 0 Å². The van der Waals surface area contributed by atoms with Crippen LogP contribution in [-0.2, 0) is 80.7 Å². The molecule has 1 heterocycles. The summed E-state index contributed by atoms with van der Waals surface area (Å²) in [6, 6.07) is 22.3. The molecule has 11 amide bonds. The Balaban J connectivity index is 1.20. The van der Waals surface area contributed by atoms with Crippen LogP contribution in [0.15, 0.2) is 114 Å². The molecule has 0 spiro atoms. The number of sulfonamides is 1. The molecule has 8 atom stereocenters. The minimum absolute atomic E-state index is 0.0141. The maximum absolute atomic E-state index is 14.9. The Hall–Kier alpha value is -8.54. The maximum Gasteiger partial charge on any atom is 0.246 e. The first kappa shape index (κ1) is 78.5. The molecule has 0 radical (unpaired) electrons. The van der Waals surface area contributed by atoms with Crippen LogP contribution in [0.1, 0.15) is 126 Å². The molecule has 0 bridgehead atoms. The summed E-state index contributed by atoms with van der Waals surface area (Å²) in [6.07, 6.45) is 3.66. The molecule has 14 N–H and O–H groups in total. The van der Waals surface area contributed by atoms with Gasteiger partial charge in [0.1, 0.15) is 48.0 Å². The molecule has 6 rings (SSSR count). The number of thioether (sulfide) groups is 2. The van der Waals surface area contributed by atoms with Gasteiger partial charge in [-0.15, -0.1) is 11.8 Å². The van der Waals surface area contributed by atoms with E-state index in [4.69, 9.17) is 21.9 Å². The van der Waals surface area contributed by atoms with Crippen molar-refractivity contribution in [3.8, 4) is 5.75 Å². The second-order valence-electron chi connectivity index (χ2n) is 24.9. The van der Waals surface area contributed by atoms with Gasteiger partial charge in [0, 0.05) is 54.4 Å². The largest absolute Gasteiger partial charge is 0.497 e. The van der Waals surface area contributed by atoms with Crippen LogP contribution in [0, 0.1) is 12.8 Å². The Morgan fingerprint density at radius 2 is 1.23 bits per heavy atom. The summed E-state index contributed by atoms with van der Waals surface area (Å²) in [5.74, 6) is -8.28. The number of nitrogens with one attached hydrogen (secondary N) is 8. The summed E-state index contributed by atoms with van der Waals surface area (Å²) in [5, 5.41) is 18.6. The second kappa shape index (κ2) is 39.2. The Morgan fingerprint density at radius 3 is 1.85 bits per heavy atom. The number of benzene rings is 4. The quantitative estimate of drug-likeness (QED) is 0.0285. The van der Waals surface area contributed by atoms with Crippen LogP contribution in [0.5, 0.6) is 5.75 Å². The van der Waals surface area contributed by atoms with E-state index in [-0.39, 0.29) is 66.5 Å². The minimum Gasteiger partial charge on any atom is -0.497 e. The molecule has 26 nitrogen and oxygen atoms in total. The summed E-state index contributed by atoms with van der Waals surface area (Å²) in [6.45, 7) is 4.58. The van der Waals surface area contributed by atoms with Crippen LogP contribution in [0.3, 0.4) is 0 Å². The van der Waals surface area contributed by atoms with E-state index in [0.29, 0.717) is 35.7 Å². The summed E-state index contributed by atoms with van der Waals surface area (Å²) >= 11 is 2.98. The average molecular weight is 1410 g/mol. The molecule has 0 aromatic heterocycles. The Labute approximate surface area is 581 Å². The highest BCUT2D eigenvalue weighted by molar-refractivity contribution is 8.00. The van der Waals surface area contributed by atoms with E-state index in [2.05, 4.69) is 41.9 Å². The van der Waals surface area contributed by atoms with Crippen molar-refractivity contribution in [1.82, 2.24) is 46.8 Å². The third-order valence-electron chi connectivity index (χ3n) is 17.2. The van der Waals surface area contributed by atoms with Gasteiger partial charge in [-0.05, 0) is 98.7 Å². The zero-order chi connectivity index (χ0) is 71.4. The van der Waals surface area contributed by atoms with Gasteiger partial charge in [-0.25, -0.2) is 13.1 Å². The highest BCUT2D eigenvalue weighted by Gasteiger charge is 2.42. The number of aryl methyl sites for hydroxylation is 1. The standard InChI is InChI=1S/C69H94N12O14S3/c1-5-45(3)61(80-65(89)53(37-46-25-27-49(95-4)28-26-46)75-60(85)39-69(33-13-8-14-34-69)97-42-48-19-11-7-12-20-48)67(91)77-52(31-32-57(70)82)63(87)78-54(38-58(71)83)64(88)79-55(43-96-41-47-17-9-6-10-18-47)68(92)81-36-16-22-56(81)66(90)76-51(62(86)73-40-59(72)84)21-15-35-74-98(93,94)50-29-23-44(2)24-30-50/h6-7,9-12,17-20,23-30,45,51-56,61,74H,5,8,13-16,21-22,31-43H2,1-4H3,(H2,70,82)(H2,71,83)(H2,72,84)(H,73,86)(H,75,85)(H,76,90)(H,77,91)(H,78,87)(H,79,88)(H,80,89)/t45-,51-,52-,53-,54-,55+,56-,61-/m0/s1. The van der Waals surface area contributed by atoms with Gasteiger partial charge in [-0.3, -0.25) is 52.7 Å². The maximum atomic E-state index is 14.9. The lowest BCUT2D eigenvalue weighted by Gasteiger charge is -2.37. The van der Waals surface area contributed by atoms with E-state index in [1.165, 1.54) is 35.9 Å². The predicted octanol–water partition coefficient (Wildman–Crippen LogP) is 2.95. The third kappa shape index (κ3) is 25.4. The van der Waals surface area contributed by atoms with Gasteiger partial charge in [-0.2, -0.15) is 11.8 Å². The number of hydrogen-bond acceptors (Lipinski definition) is 16.